The molecule has 3 rings (SSSR count). The summed E-state index contributed by atoms with van der Waals surface area (Å²) in [5, 5.41) is 8.92. The molecule has 0 unspecified atom stereocenters. The number of aliphatic imine (C=N–C) groups is 1. The molecule has 2 aromatic heterocycles. The number of nitrogens with zero attached hydrogens (tertiary/aromatic N) is 3. The summed E-state index contributed by atoms with van der Waals surface area (Å²) in [6.07, 6.45) is 10.4. The SMILES string of the molecule is CN=C(NCc1cn2ccsc2n1)NCC1(CCOC)CCCC1. The molecule has 0 radical (unpaired) electrons. The van der Waals surface area contributed by atoms with Crippen molar-refractivity contribution in [1.29, 1.82) is 0 Å². The fraction of sp³-hybridized carbons (Fsp3) is 0.647. The Hall–Kier alpha value is -1.60. The van der Waals surface area contributed by atoms with Gasteiger partial charge in [0, 0.05) is 45.1 Å². The molecule has 0 bridgehead atoms. The van der Waals surface area contributed by atoms with Gasteiger partial charge in [-0.25, -0.2) is 4.98 Å². The molecule has 1 saturated carbocycles. The summed E-state index contributed by atoms with van der Waals surface area (Å²) in [4.78, 5) is 9.97. The molecule has 2 aromatic rings. The number of hydrogen-bond acceptors (Lipinski definition) is 4. The summed E-state index contributed by atoms with van der Waals surface area (Å²) in [6, 6.07) is 0. The van der Waals surface area contributed by atoms with Crippen LogP contribution in [0.4, 0.5) is 0 Å². The Kier molecular flexibility index (Phi) is 5.73. The van der Waals surface area contributed by atoms with Crippen molar-refractivity contribution in [3.8, 4) is 0 Å². The van der Waals surface area contributed by atoms with Crippen molar-refractivity contribution >= 4 is 22.3 Å². The predicted molar refractivity (Wildman–Crippen MR) is 98.7 cm³/mol. The number of nitrogens with one attached hydrogen (secondary N) is 2. The molecule has 7 heteroatoms. The Morgan fingerprint density at radius 2 is 2.25 bits per heavy atom. The Morgan fingerprint density at radius 1 is 1.42 bits per heavy atom. The van der Waals surface area contributed by atoms with E-state index < -0.39 is 0 Å². The van der Waals surface area contributed by atoms with Crippen molar-refractivity contribution in [3.63, 3.8) is 0 Å². The molecule has 0 aliphatic heterocycles. The minimum Gasteiger partial charge on any atom is -0.385 e. The first-order chi connectivity index (χ1) is 11.7. The van der Waals surface area contributed by atoms with Crippen LogP contribution in [0, 0.1) is 5.41 Å². The molecule has 132 valence electrons. The number of ether oxygens (including phenoxy) is 1. The maximum Gasteiger partial charge on any atom is 0.193 e. The summed E-state index contributed by atoms with van der Waals surface area (Å²) in [6.45, 7) is 2.46. The smallest absolute Gasteiger partial charge is 0.193 e. The van der Waals surface area contributed by atoms with E-state index in [2.05, 4.69) is 31.2 Å². The standard InChI is InChI=1S/C17H27N5OS/c1-18-15(19-11-14-12-22-8-10-24-16(22)21-14)20-13-17(7-9-23-2)5-3-4-6-17/h8,10,12H,3-7,9,11,13H2,1-2H3,(H2,18,19,20). The van der Waals surface area contributed by atoms with Crippen LogP contribution in [0.5, 0.6) is 0 Å². The average Bonchev–Trinajstić information content (AvgIpc) is 3.29. The molecule has 0 amide bonds. The van der Waals surface area contributed by atoms with Gasteiger partial charge in [-0.15, -0.1) is 11.3 Å². The van der Waals surface area contributed by atoms with Crippen LogP contribution in [0.2, 0.25) is 0 Å². The van der Waals surface area contributed by atoms with Crippen molar-refractivity contribution in [3.05, 3.63) is 23.5 Å². The highest BCUT2D eigenvalue weighted by molar-refractivity contribution is 7.15. The van der Waals surface area contributed by atoms with E-state index >= 15 is 0 Å². The van der Waals surface area contributed by atoms with E-state index in [1.807, 2.05) is 18.6 Å². The van der Waals surface area contributed by atoms with Gasteiger partial charge in [0.15, 0.2) is 10.9 Å². The second-order valence-electron chi connectivity index (χ2n) is 6.55. The van der Waals surface area contributed by atoms with E-state index in [4.69, 9.17) is 4.74 Å². The van der Waals surface area contributed by atoms with Crippen molar-refractivity contribution < 1.29 is 4.74 Å². The summed E-state index contributed by atoms with van der Waals surface area (Å²) in [5.74, 6) is 0.843. The van der Waals surface area contributed by atoms with Crippen LogP contribution in [-0.2, 0) is 11.3 Å². The van der Waals surface area contributed by atoms with Crippen molar-refractivity contribution in [1.82, 2.24) is 20.0 Å². The minimum absolute atomic E-state index is 0.352. The van der Waals surface area contributed by atoms with Crippen LogP contribution in [0.1, 0.15) is 37.8 Å². The number of hydrogen-bond donors (Lipinski definition) is 2. The largest absolute Gasteiger partial charge is 0.385 e. The maximum atomic E-state index is 5.31. The first kappa shape index (κ1) is 17.2. The molecule has 24 heavy (non-hydrogen) atoms. The quantitative estimate of drug-likeness (QED) is 0.596. The lowest BCUT2D eigenvalue weighted by atomic mass is 9.83. The fourth-order valence-corrected chi connectivity index (χ4v) is 4.21. The Bertz CT molecular complexity index is 643. The average molecular weight is 350 g/mol. The zero-order valence-electron chi connectivity index (χ0n) is 14.5. The number of fused-ring (bicyclic) bond motifs is 1. The van der Waals surface area contributed by atoms with Crippen LogP contribution in [-0.4, -0.2) is 42.7 Å². The van der Waals surface area contributed by atoms with E-state index in [1.54, 1.807) is 18.4 Å². The lowest BCUT2D eigenvalue weighted by Gasteiger charge is -2.29. The van der Waals surface area contributed by atoms with E-state index in [1.165, 1.54) is 25.7 Å². The third kappa shape index (κ3) is 4.08. The van der Waals surface area contributed by atoms with Crippen LogP contribution in [0.25, 0.3) is 4.96 Å². The molecular weight excluding hydrogens is 322 g/mol. The van der Waals surface area contributed by atoms with Gasteiger partial charge in [-0.3, -0.25) is 9.39 Å². The summed E-state index contributed by atoms with van der Waals surface area (Å²) < 4.78 is 7.36. The molecular formula is C17H27N5OS. The third-order valence-electron chi connectivity index (χ3n) is 4.94. The van der Waals surface area contributed by atoms with E-state index in [-0.39, 0.29) is 0 Å². The molecule has 0 aromatic carbocycles. The number of aromatic nitrogens is 2. The van der Waals surface area contributed by atoms with Gasteiger partial charge in [0.1, 0.15) is 0 Å². The predicted octanol–water partition coefficient (Wildman–Crippen LogP) is 2.66. The third-order valence-corrected chi connectivity index (χ3v) is 5.71. The lowest BCUT2D eigenvalue weighted by molar-refractivity contribution is 0.138. The van der Waals surface area contributed by atoms with Crippen molar-refractivity contribution in [2.75, 3.05) is 27.3 Å². The van der Waals surface area contributed by atoms with Crippen molar-refractivity contribution in [2.45, 2.75) is 38.6 Å². The fourth-order valence-electron chi connectivity index (χ4n) is 3.49. The Morgan fingerprint density at radius 3 is 2.96 bits per heavy atom. The summed E-state index contributed by atoms with van der Waals surface area (Å²) >= 11 is 1.65. The number of thiazole rings is 1. The highest BCUT2D eigenvalue weighted by Gasteiger charge is 2.33. The topological polar surface area (TPSA) is 63.0 Å². The van der Waals surface area contributed by atoms with Crippen molar-refractivity contribution in [2.24, 2.45) is 10.4 Å². The summed E-state index contributed by atoms with van der Waals surface area (Å²) in [5.41, 5.74) is 1.38. The molecule has 1 aliphatic carbocycles. The minimum atomic E-state index is 0.352. The van der Waals surface area contributed by atoms with Crippen LogP contribution >= 0.6 is 11.3 Å². The second-order valence-corrected chi connectivity index (χ2v) is 7.43. The molecule has 6 nitrogen and oxygen atoms in total. The highest BCUT2D eigenvalue weighted by atomic mass is 32.1. The maximum absolute atomic E-state index is 5.31. The van der Waals surface area contributed by atoms with E-state index in [9.17, 15) is 0 Å². The van der Waals surface area contributed by atoms with Gasteiger partial charge in [-0.2, -0.15) is 0 Å². The number of guanidine groups is 1. The van der Waals surface area contributed by atoms with Gasteiger partial charge in [-0.1, -0.05) is 12.8 Å². The normalized spacial score (nSPS) is 17.5. The van der Waals surface area contributed by atoms with Crippen LogP contribution in [0.15, 0.2) is 22.8 Å². The highest BCUT2D eigenvalue weighted by Crippen LogP contribution is 2.40. The Labute approximate surface area is 147 Å². The Balaban J connectivity index is 1.51. The zero-order valence-corrected chi connectivity index (χ0v) is 15.4. The van der Waals surface area contributed by atoms with Gasteiger partial charge in [0.2, 0.25) is 0 Å². The number of rotatable bonds is 7. The van der Waals surface area contributed by atoms with E-state index in [0.29, 0.717) is 12.0 Å². The first-order valence-corrected chi connectivity index (χ1v) is 9.47. The van der Waals surface area contributed by atoms with Crippen LogP contribution < -0.4 is 10.6 Å². The monoisotopic (exact) mass is 349 g/mol. The summed E-state index contributed by atoms with van der Waals surface area (Å²) in [7, 11) is 3.60. The second kappa shape index (κ2) is 7.98. The first-order valence-electron chi connectivity index (χ1n) is 8.59. The molecule has 0 spiro atoms. The molecule has 1 fully saturated rings. The molecule has 1 aliphatic rings. The molecule has 0 saturated heterocycles. The number of imidazole rings is 1. The van der Waals surface area contributed by atoms with Crippen LogP contribution in [0.3, 0.4) is 0 Å². The number of methoxy groups -OCH3 is 1. The molecule has 2 heterocycles. The van der Waals surface area contributed by atoms with E-state index in [0.717, 1.165) is 36.2 Å². The van der Waals surface area contributed by atoms with Gasteiger partial charge < -0.3 is 15.4 Å². The zero-order chi connectivity index (χ0) is 16.8. The van der Waals surface area contributed by atoms with Gasteiger partial charge in [0.25, 0.3) is 0 Å². The van der Waals surface area contributed by atoms with Gasteiger partial charge in [-0.05, 0) is 24.7 Å². The van der Waals surface area contributed by atoms with Gasteiger partial charge in [0.05, 0.1) is 12.2 Å². The molecule has 0 atom stereocenters. The molecule has 2 N–H and O–H groups in total. The lowest BCUT2D eigenvalue weighted by Crippen LogP contribution is -2.43. The van der Waals surface area contributed by atoms with Gasteiger partial charge >= 0.3 is 0 Å².